The van der Waals surface area contributed by atoms with Gasteiger partial charge in [0.05, 0.1) is 28.8 Å². The van der Waals surface area contributed by atoms with Crippen molar-refractivity contribution in [1.29, 1.82) is 0 Å². The number of thiophene rings is 1. The van der Waals surface area contributed by atoms with Gasteiger partial charge in [0.15, 0.2) is 0 Å². The van der Waals surface area contributed by atoms with Gasteiger partial charge in [-0.3, -0.25) is 9.78 Å². The maximum Gasteiger partial charge on any atom is 0.246 e. The molecule has 1 N–H and O–H groups in total. The lowest BCUT2D eigenvalue weighted by Gasteiger charge is -2.31. The molecule has 2 aliphatic heterocycles. The Morgan fingerprint density at radius 3 is 2.82 bits per heavy atom. The van der Waals surface area contributed by atoms with Gasteiger partial charge in [0.25, 0.3) is 0 Å². The molecule has 2 aliphatic rings. The van der Waals surface area contributed by atoms with E-state index in [0.29, 0.717) is 50.6 Å². The van der Waals surface area contributed by atoms with Crippen LogP contribution in [0.25, 0.3) is 32.2 Å². The van der Waals surface area contributed by atoms with Gasteiger partial charge in [0.1, 0.15) is 5.67 Å². The molecular formula is C26H24ClFN4OS. The van der Waals surface area contributed by atoms with Crippen LogP contribution in [-0.4, -0.2) is 45.7 Å². The van der Waals surface area contributed by atoms with Crippen LogP contribution in [0.4, 0.5) is 4.39 Å². The number of halogens is 2. The molecule has 5 nitrogen and oxygen atoms in total. The fraction of sp³-hybridized carbons (Fsp3) is 0.308. The lowest BCUT2D eigenvalue weighted by molar-refractivity contribution is -0.124. The number of fused-ring (bicyclic) bond motifs is 2. The number of carbonyl (C=O) groups is 1. The number of nitrogens with zero attached hydrogens (tertiary/aromatic N) is 3. The highest BCUT2D eigenvalue weighted by atomic mass is 35.5. The van der Waals surface area contributed by atoms with Crippen molar-refractivity contribution < 1.29 is 9.18 Å². The molecule has 1 aromatic carbocycles. The molecule has 3 aromatic heterocycles. The van der Waals surface area contributed by atoms with E-state index in [2.05, 4.69) is 16.4 Å². The van der Waals surface area contributed by atoms with Crippen LogP contribution in [0.3, 0.4) is 0 Å². The molecule has 34 heavy (non-hydrogen) atoms. The number of hydrogen-bond donors (Lipinski definition) is 1. The van der Waals surface area contributed by atoms with Crippen LogP contribution in [-0.2, 0) is 17.9 Å². The smallest absolute Gasteiger partial charge is 0.246 e. The summed E-state index contributed by atoms with van der Waals surface area (Å²) in [4.78, 5) is 19.5. The molecule has 0 aliphatic carbocycles. The third-order valence-corrected chi connectivity index (χ3v) is 8.14. The summed E-state index contributed by atoms with van der Waals surface area (Å²) >= 11 is 8.18. The second-order valence-electron chi connectivity index (χ2n) is 9.14. The number of nitrogens with one attached hydrogen (secondary N) is 1. The van der Waals surface area contributed by atoms with E-state index in [4.69, 9.17) is 11.6 Å². The Hall–Kier alpha value is -2.74. The Morgan fingerprint density at radius 1 is 1.18 bits per heavy atom. The SMILES string of the molecule is O=C1C=CCN1Cc1cc2nccc(-c3cc(Cl)cc4ccn(CC5(F)CCNCC5)c34)c2s1. The van der Waals surface area contributed by atoms with Crippen LogP contribution in [0.2, 0.25) is 5.02 Å². The predicted molar refractivity (Wildman–Crippen MR) is 136 cm³/mol. The van der Waals surface area contributed by atoms with E-state index in [-0.39, 0.29) is 5.91 Å². The first-order valence-corrected chi connectivity index (χ1v) is 12.7. The van der Waals surface area contributed by atoms with Crippen molar-refractivity contribution in [2.75, 3.05) is 19.6 Å². The zero-order valence-electron chi connectivity index (χ0n) is 18.6. The zero-order chi connectivity index (χ0) is 23.3. The minimum atomic E-state index is -1.23. The van der Waals surface area contributed by atoms with Crippen molar-refractivity contribution in [2.24, 2.45) is 0 Å². The highest BCUT2D eigenvalue weighted by Gasteiger charge is 2.32. The summed E-state index contributed by atoms with van der Waals surface area (Å²) in [6.07, 6.45) is 8.29. The first kappa shape index (κ1) is 21.8. The van der Waals surface area contributed by atoms with Gasteiger partial charge in [-0.2, -0.15) is 0 Å². The molecule has 0 bridgehead atoms. The largest absolute Gasteiger partial charge is 0.344 e. The van der Waals surface area contributed by atoms with Crippen molar-refractivity contribution in [3.8, 4) is 11.1 Å². The van der Waals surface area contributed by atoms with Gasteiger partial charge < -0.3 is 14.8 Å². The minimum absolute atomic E-state index is 0.0399. The lowest BCUT2D eigenvalue weighted by atomic mass is 9.94. The fourth-order valence-electron chi connectivity index (χ4n) is 5.07. The third-order valence-electron chi connectivity index (χ3n) is 6.78. The first-order valence-electron chi connectivity index (χ1n) is 11.5. The predicted octanol–water partition coefficient (Wildman–Crippen LogP) is 5.56. The van der Waals surface area contributed by atoms with E-state index in [1.807, 2.05) is 46.0 Å². The molecule has 6 rings (SSSR count). The summed E-state index contributed by atoms with van der Waals surface area (Å²) in [5.41, 5.74) is 2.65. The number of hydrogen-bond acceptors (Lipinski definition) is 4. The number of rotatable bonds is 5. The number of carbonyl (C=O) groups excluding carboxylic acids is 1. The standard InChI is InChI=1S/C26H24ClFN4OS/c27-18-12-17-4-11-32(16-26(28)5-8-29-9-6-26)24(17)21(13-18)20-3-7-30-22-14-19(34-25(20)22)15-31-10-1-2-23(31)33/h1-4,7,11-14,29H,5-6,8-10,15-16H2. The molecule has 4 aromatic rings. The summed E-state index contributed by atoms with van der Waals surface area (Å²) < 4.78 is 18.7. The van der Waals surface area contributed by atoms with Crippen molar-refractivity contribution >= 4 is 50.0 Å². The molecule has 0 radical (unpaired) electrons. The van der Waals surface area contributed by atoms with Crippen molar-refractivity contribution in [3.63, 3.8) is 0 Å². The zero-order valence-corrected chi connectivity index (χ0v) is 20.1. The summed E-state index contributed by atoms with van der Waals surface area (Å²) in [6.45, 7) is 2.92. The van der Waals surface area contributed by atoms with Gasteiger partial charge in [0.2, 0.25) is 5.91 Å². The van der Waals surface area contributed by atoms with E-state index in [1.54, 1.807) is 23.6 Å². The van der Waals surface area contributed by atoms with Gasteiger partial charge in [-0.05, 0) is 56.3 Å². The molecule has 5 heterocycles. The summed E-state index contributed by atoms with van der Waals surface area (Å²) in [5.74, 6) is 0.0399. The Balaban J connectivity index is 1.45. The van der Waals surface area contributed by atoms with Crippen LogP contribution < -0.4 is 5.32 Å². The monoisotopic (exact) mass is 494 g/mol. The topological polar surface area (TPSA) is 50.2 Å². The van der Waals surface area contributed by atoms with Crippen LogP contribution in [0.5, 0.6) is 0 Å². The quantitative estimate of drug-likeness (QED) is 0.395. The van der Waals surface area contributed by atoms with Crippen LogP contribution in [0.1, 0.15) is 17.7 Å². The number of amides is 1. The average molecular weight is 495 g/mol. The average Bonchev–Trinajstić information content (AvgIpc) is 3.52. The number of benzene rings is 1. The van der Waals surface area contributed by atoms with Crippen molar-refractivity contribution in [1.82, 2.24) is 19.8 Å². The third kappa shape index (κ3) is 3.91. The van der Waals surface area contributed by atoms with E-state index >= 15 is 4.39 Å². The summed E-state index contributed by atoms with van der Waals surface area (Å²) in [5, 5.41) is 4.89. The van der Waals surface area contributed by atoms with Gasteiger partial charge in [-0.15, -0.1) is 11.3 Å². The van der Waals surface area contributed by atoms with Crippen LogP contribution in [0.15, 0.2) is 54.9 Å². The number of piperidine rings is 1. The summed E-state index contributed by atoms with van der Waals surface area (Å²) in [7, 11) is 0. The Bertz CT molecular complexity index is 1440. The van der Waals surface area contributed by atoms with Crippen LogP contribution in [0, 0.1) is 0 Å². The Kier molecular flexibility index (Phi) is 5.43. The normalized spacial score (nSPS) is 17.9. The molecule has 1 amide bonds. The molecule has 0 atom stereocenters. The number of aromatic nitrogens is 2. The second kappa shape index (κ2) is 8.48. The molecule has 0 spiro atoms. The van der Waals surface area contributed by atoms with Gasteiger partial charge in [0, 0.05) is 51.4 Å². The van der Waals surface area contributed by atoms with Gasteiger partial charge in [-0.1, -0.05) is 17.7 Å². The molecular weight excluding hydrogens is 471 g/mol. The fourth-order valence-corrected chi connectivity index (χ4v) is 6.46. The molecule has 1 fully saturated rings. The maximum atomic E-state index is 15.6. The first-order chi connectivity index (χ1) is 16.5. The van der Waals surface area contributed by atoms with Gasteiger partial charge in [-0.25, -0.2) is 4.39 Å². The van der Waals surface area contributed by atoms with E-state index in [1.165, 1.54) is 0 Å². The molecule has 0 saturated carbocycles. The molecule has 8 heteroatoms. The minimum Gasteiger partial charge on any atom is -0.344 e. The maximum absolute atomic E-state index is 15.6. The second-order valence-corrected chi connectivity index (χ2v) is 10.7. The molecule has 174 valence electrons. The molecule has 0 unspecified atom stereocenters. The number of pyridine rings is 1. The highest BCUT2D eigenvalue weighted by molar-refractivity contribution is 7.19. The van der Waals surface area contributed by atoms with E-state index < -0.39 is 5.67 Å². The highest BCUT2D eigenvalue weighted by Crippen LogP contribution is 2.40. The molecule has 1 saturated heterocycles. The van der Waals surface area contributed by atoms with Crippen LogP contribution >= 0.6 is 22.9 Å². The van der Waals surface area contributed by atoms with Crippen molar-refractivity contribution in [3.05, 3.63) is 64.8 Å². The number of alkyl halides is 1. The van der Waals surface area contributed by atoms with Crippen molar-refractivity contribution in [2.45, 2.75) is 31.6 Å². The Morgan fingerprint density at radius 2 is 2.03 bits per heavy atom. The van der Waals surface area contributed by atoms with E-state index in [0.717, 1.165) is 37.1 Å². The van der Waals surface area contributed by atoms with E-state index in [9.17, 15) is 4.79 Å². The van der Waals surface area contributed by atoms with Gasteiger partial charge >= 0.3 is 0 Å². The summed E-state index contributed by atoms with van der Waals surface area (Å²) in [6, 6.07) is 9.98. The Labute approximate surface area is 205 Å². The lowest BCUT2D eigenvalue weighted by Crippen LogP contribution is -2.41.